The fourth-order valence-electron chi connectivity index (χ4n) is 4.14. The summed E-state index contributed by atoms with van der Waals surface area (Å²) in [6.07, 6.45) is 6.19. The summed E-state index contributed by atoms with van der Waals surface area (Å²) in [5, 5.41) is 3.04. The minimum Gasteiger partial charge on any atom is -0.355 e. The van der Waals surface area contributed by atoms with Crippen LogP contribution in [-0.2, 0) is 14.8 Å². The number of carbonyl (C=O) groups excluding carboxylic acids is 2. The van der Waals surface area contributed by atoms with Crippen LogP contribution < -0.4 is 5.32 Å². The van der Waals surface area contributed by atoms with Crippen LogP contribution in [0.4, 0.5) is 0 Å². The third-order valence-electron chi connectivity index (χ3n) is 6.07. The Bertz CT molecular complexity index is 861. The van der Waals surface area contributed by atoms with Gasteiger partial charge in [0.2, 0.25) is 15.9 Å². The molecule has 1 N–H and O–H groups in total. The van der Waals surface area contributed by atoms with Crippen molar-refractivity contribution in [2.24, 2.45) is 5.92 Å². The van der Waals surface area contributed by atoms with E-state index in [9.17, 15) is 18.0 Å². The van der Waals surface area contributed by atoms with E-state index in [0.29, 0.717) is 37.7 Å². The summed E-state index contributed by atoms with van der Waals surface area (Å²) in [5.41, 5.74) is 0.569. The highest BCUT2D eigenvalue weighted by Crippen LogP contribution is 2.25. The molecule has 1 aliphatic carbocycles. The third-order valence-corrected chi connectivity index (χ3v) is 9.03. The SMILES string of the molecule is CCS(=O)(=O)N1CCN(C(=O)c2ccccc2SCC(=O)NCC2CCCCC2)CC1. The quantitative estimate of drug-likeness (QED) is 0.594. The number of rotatable bonds is 8. The van der Waals surface area contributed by atoms with Gasteiger partial charge >= 0.3 is 0 Å². The number of benzene rings is 1. The molecule has 0 spiro atoms. The lowest BCUT2D eigenvalue weighted by molar-refractivity contribution is -0.118. The Kier molecular flexibility index (Phi) is 8.80. The van der Waals surface area contributed by atoms with Crippen LogP contribution in [0.3, 0.4) is 0 Å². The zero-order valence-electron chi connectivity index (χ0n) is 18.2. The van der Waals surface area contributed by atoms with Crippen LogP contribution >= 0.6 is 11.8 Å². The largest absolute Gasteiger partial charge is 0.355 e. The first-order valence-corrected chi connectivity index (χ1v) is 13.8. The molecule has 1 saturated carbocycles. The van der Waals surface area contributed by atoms with Gasteiger partial charge in [-0.25, -0.2) is 8.42 Å². The van der Waals surface area contributed by atoms with Gasteiger partial charge in [-0.2, -0.15) is 4.31 Å². The molecule has 2 aliphatic rings. The lowest BCUT2D eigenvalue weighted by atomic mass is 9.89. The normalized spacial score (nSPS) is 18.7. The van der Waals surface area contributed by atoms with Gasteiger partial charge in [0, 0.05) is 37.6 Å². The fraction of sp³-hybridized carbons (Fsp3) is 0.636. The Morgan fingerprint density at radius 2 is 1.74 bits per heavy atom. The lowest BCUT2D eigenvalue weighted by Crippen LogP contribution is -2.50. The summed E-state index contributed by atoms with van der Waals surface area (Å²) in [7, 11) is -3.23. The number of piperazine rings is 1. The summed E-state index contributed by atoms with van der Waals surface area (Å²) < 4.78 is 25.5. The van der Waals surface area contributed by atoms with Crippen LogP contribution in [0.1, 0.15) is 49.4 Å². The fourth-order valence-corrected chi connectivity index (χ4v) is 6.09. The van der Waals surface area contributed by atoms with Crippen molar-refractivity contribution in [1.82, 2.24) is 14.5 Å². The third kappa shape index (κ3) is 6.70. The molecular formula is C22H33N3O4S2. The summed E-state index contributed by atoms with van der Waals surface area (Å²) in [6, 6.07) is 7.33. The van der Waals surface area contributed by atoms with Crippen LogP contribution in [0.25, 0.3) is 0 Å². The van der Waals surface area contributed by atoms with E-state index < -0.39 is 10.0 Å². The van der Waals surface area contributed by atoms with Crippen LogP contribution in [-0.4, -0.2) is 73.7 Å². The van der Waals surface area contributed by atoms with Crippen LogP contribution in [0.2, 0.25) is 0 Å². The molecule has 3 rings (SSSR count). The van der Waals surface area contributed by atoms with E-state index in [1.165, 1.54) is 48.2 Å². The van der Waals surface area contributed by atoms with Crippen molar-refractivity contribution in [2.45, 2.75) is 43.9 Å². The summed E-state index contributed by atoms with van der Waals surface area (Å²) in [4.78, 5) is 27.9. The van der Waals surface area contributed by atoms with Gasteiger partial charge in [0.25, 0.3) is 5.91 Å². The molecule has 0 bridgehead atoms. The van der Waals surface area contributed by atoms with E-state index in [1.54, 1.807) is 17.9 Å². The predicted molar refractivity (Wildman–Crippen MR) is 124 cm³/mol. The molecule has 2 fully saturated rings. The molecule has 1 aromatic rings. The first-order valence-electron chi connectivity index (χ1n) is 11.2. The monoisotopic (exact) mass is 467 g/mol. The molecule has 31 heavy (non-hydrogen) atoms. The summed E-state index contributed by atoms with van der Waals surface area (Å²) in [5.74, 6) is 0.824. The number of hydrogen-bond donors (Lipinski definition) is 1. The van der Waals surface area contributed by atoms with Crippen molar-refractivity contribution < 1.29 is 18.0 Å². The van der Waals surface area contributed by atoms with Crippen LogP contribution in [0, 0.1) is 5.92 Å². The smallest absolute Gasteiger partial charge is 0.255 e. The van der Waals surface area contributed by atoms with Crippen molar-refractivity contribution >= 4 is 33.6 Å². The number of carbonyl (C=O) groups is 2. The van der Waals surface area contributed by atoms with Crippen molar-refractivity contribution in [1.29, 1.82) is 0 Å². The second-order valence-corrected chi connectivity index (χ2v) is 11.5. The van der Waals surface area contributed by atoms with E-state index >= 15 is 0 Å². The summed E-state index contributed by atoms with van der Waals surface area (Å²) >= 11 is 1.38. The van der Waals surface area contributed by atoms with E-state index in [4.69, 9.17) is 0 Å². The van der Waals surface area contributed by atoms with Gasteiger partial charge in [-0.15, -0.1) is 11.8 Å². The average molecular weight is 468 g/mol. The van der Waals surface area contributed by atoms with Gasteiger partial charge in [0.05, 0.1) is 17.1 Å². The maximum absolute atomic E-state index is 13.1. The van der Waals surface area contributed by atoms with Gasteiger partial charge in [0.15, 0.2) is 0 Å². The number of amides is 2. The number of sulfonamides is 1. The van der Waals surface area contributed by atoms with Crippen LogP contribution in [0.15, 0.2) is 29.2 Å². The lowest BCUT2D eigenvalue weighted by Gasteiger charge is -2.34. The maximum atomic E-state index is 13.1. The second-order valence-electron chi connectivity index (χ2n) is 8.18. The molecule has 1 aliphatic heterocycles. The Balaban J connectivity index is 1.52. The first kappa shape index (κ1) is 24.1. The molecule has 1 saturated heterocycles. The van der Waals surface area contributed by atoms with E-state index in [0.717, 1.165) is 11.4 Å². The second kappa shape index (κ2) is 11.3. The predicted octanol–water partition coefficient (Wildman–Crippen LogP) is 2.58. The highest BCUT2D eigenvalue weighted by Gasteiger charge is 2.29. The topological polar surface area (TPSA) is 86.8 Å². The van der Waals surface area contributed by atoms with Crippen molar-refractivity contribution in [3.63, 3.8) is 0 Å². The van der Waals surface area contributed by atoms with E-state index in [-0.39, 0.29) is 23.3 Å². The van der Waals surface area contributed by atoms with Crippen LogP contribution in [0.5, 0.6) is 0 Å². The van der Waals surface area contributed by atoms with Gasteiger partial charge in [-0.1, -0.05) is 31.4 Å². The van der Waals surface area contributed by atoms with E-state index in [1.807, 2.05) is 18.2 Å². The van der Waals surface area contributed by atoms with E-state index in [2.05, 4.69) is 5.32 Å². The first-order chi connectivity index (χ1) is 14.9. The molecule has 0 atom stereocenters. The highest BCUT2D eigenvalue weighted by atomic mass is 32.2. The molecule has 172 valence electrons. The zero-order chi connectivity index (χ0) is 22.3. The number of thioether (sulfide) groups is 1. The Hall–Kier alpha value is -1.58. The molecule has 0 unspecified atom stereocenters. The minimum absolute atomic E-state index is 0.00351. The molecule has 9 heteroatoms. The Labute approximate surface area is 190 Å². The van der Waals surface area contributed by atoms with Gasteiger partial charge < -0.3 is 10.2 Å². The molecular weight excluding hydrogens is 434 g/mol. The molecule has 0 aromatic heterocycles. The summed E-state index contributed by atoms with van der Waals surface area (Å²) in [6.45, 7) is 3.76. The zero-order valence-corrected chi connectivity index (χ0v) is 19.8. The molecule has 7 nitrogen and oxygen atoms in total. The standard InChI is InChI=1S/C22H33N3O4S2/c1-2-31(28,29)25-14-12-24(13-15-25)22(27)19-10-6-7-11-20(19)30-17-21(26)23-16-18-8-4-3-5-9-18/h6-7,10-11,18H,2-5,8-9,12-17H2,1H3,(H,23,26). The average Bonchev–Trinajstić information content (AvgIpc) is 2.82. The molecule has 0 radical (unpaired) electrons. The Morgan fingerprint density at radius 3 is 2.42 bits per heavy atom. The molecule has 1 heterocycles. The molecule has 1 aromatic carbocycles. The highest BCUT2D eigenvalue weighted by molar-refractivity contribution is 8.00. The number of nitrogens with zero attached hydrogens (tertiary/aromatic N) is 2. The molecule has 2 amide bonds. The van der Waals surface area contributed by atoms with Gasteiger partial charge in [0.1, 0.15) is 0 Å². The van der Waals surface area contributed by atoms with Gasteiger partial charge in [-0.05, 0) is 37.8 Å². The van der Waals surface area contributed by atoms with Crippen molar-refractivity contribution in [2.75, 3.05) is 44.2 Å². The van der Waals surface area contributed by atoms with Crippen molar-refractivity contribution in [3.05, 3.63) is 29.8 Å². The maximum Gasteiger partial charge on any atom is 0.255 e. The minimum atomic E-state index is -3.23. The number of nitrogens with one attached hydrogen (secondary N) is 1. The Morgan fingerprint density at radius 1 is 1.06 bits per heavy atom. The number of hydrogen-bond acceptors (Lipinski definition) is 5. The van der Waals surface area contributed by atoms with Gasteiger partial charge in [-0.3, -0.25) is 9.59 Å². The van der Waals surface area contributed by atoms with Crippen molar-refractivity contribution in [3.8, 4) is 0 Å².